The number of hydrogen-bond acceptors (Lipinski definition) is 3. The molecule has 0 unspecified atom stereocenters. The highest BCUT2D eigenvalue weighted by atomic mass is 79.9. The molecule has 0 saturated heterocycles. The van der Waals surface area contributed by atoms with Crippen molar-refractivity contribution in [2.24, 2.45) is 0 Å². The van der Waals surface area contributed by atoms with Gasteiger partial charge < -0.3 is 10.6 Å². The van der Waals surface area contributed by atoms with Gasteiger partial charge in [-0.25, -0.2) is 9.37 Å². The lowest BCUT2D eigenvalue weighted by Crippen LogP contribution is -2.15. The van der Waals surface area contributed by atoms with E-state index in [1.54, 1.807) is 30.5 Å². The van der Waals surface area contributed by atoms with Crippen molar-refractivity contribution < 1.29 is 9.18 Å². The van der Waals surface area contributed by atoms with E-state index < -0.39 is 11.7 Å². The average molecular weight is 352 g/mol. The highest BCUT2D eigenvalue weighted by Crippen LogP contribution is 2.25. The van der Waals surface area contributed by atoms with Crippen molar-refractivity contribution in [2.45, 2.75) is 13.3 Å². The van der Waals surface area contributed by atoms with Crippen molar-refractivity contribution in [2.75, 3.05) is 17.2 Å². The third-order valence-electron chi connectivity index (χ3n) is 2.78. The Morgan fingerprint density at radius 2 is 2.14 bits per heavy atom. The van der Waals surface area contributed by atoms with Crippen molar-refractivity contribution in [3.63, 3.8) is 0 Å². The molecule has 6 heteroatoms. The van der Waals surface area contributed by atoms with Crippen LogP contribution in [0, 0.1) is 5.82 Å². The van der Waals surface area contributed by atoms with E-state index in [2.05, 4.69) is 38.5 Å². The SMILES string of the molecule is CCCNc1ccc(C(=O)Nc2c(F)cccc2Br)nc1. The Labute approximate surface area is 130 Å². The molecule has 1 heterocycles. The number of benzene rings is 1. The molecule has 0 bridgehead atoms. The largest absolute Gasteiger partial charge is 0.384 e. The number of aromatic nitrogens is 1. The summed E-state index contributed by atoms with van der Waals surface area (Å²) in [5, 5.41) is 5.68. The van der Waals surface area contributed by atoms with E-state index in [0.29, 0.717) is 4.47 Å². The molecule has 1 aromatic carbocycles. The van der Waals surface area contributed by atoms with Gasteiger partial charge in [-0.2, -0.15) is 0 Å². The topological polar surface area (TPSA) is 54.0 Å². The average Bonchev–Trinajstić information content (AvgIpc) is 2.49. The molecule has 0 atom stereocenters. The molecule has 0 aliphatic rings. The second-order valence-electron chi connectivity index (χ2n) is 4.41. The van der Waals surface area contributed by atoms with E-state index in [4.69, 9.17) is 0 Å². The summed E-state index contributed by atoms with van der Waals surface area (Å²) in [7, 11) is 0. The van der Waals surface area contributed by atoms with E-state index >= 15 is 0 Å². The van der Waals surface area contributed by atoms with Crippen LogP contribution in [0.4, 0.5) is 15.8 Å². The van der Waals surface area contributed by atoms with Crippen LogP contribution in [-0.4, -0.2) is 17.4 Å². The standard InChI is InChI=1S/C15H15BrFN3O/c1-2-8-18-10-6-7-13(19-9-10)15(21)20-14-11(16)4-3-5-12(14)17/h3-7,9,18H,2,8H2,1H3,(H,20,21). The van der Waals surface area contributed by atoms with Crippen molar-refractivity contribution in [1.82, 2.24) is 4.98 Å². The predicted octanol–water partition coefficient (Wildman–Crippen LogP) is 4.06. The van der Waals surface area contributed by atoms with Crippen LogP contribution >= 0.6 is 15.9 Å². The zero-order chi connectivity index (χ0) is 15.2. The number of amides is 1. The molecular formula is C15H15BrFN3O. The second-order valence-corrected chi connectivity index (χ2v) is 5.26. The molecule has 0 saturated carbocycles. The molecule has 1 amide bonds. The van der Waals surface area contributed by atoms with Gasteiger partial charge in [-0.05, 0) is 46.6 Å². The summed E-state index contributed by atoms with van der Waals surface area (Å²) in [6.07, 6.45) is 2.59. The monoisotopic (exact) mass is 351 g/mol. The highest BCUT2D eigenvalue weighted by molar-refractivity contribution is 9.10. The van der Waals surface area contributed by atoms with Gasteiger partial charge in [-0.1, -0.05) is 13.0 Å². The molecule has 0 aliphatic heterocycles. The minimum Gasteiger partial charge on any atom is -0.384 e. The number of halogens is 2. The van der Waals surface area contributed by atoms with E-state index in [0.717, 1.165) is 18.7 Å². The third kappa shape index (κ3) is 4.01. The van der Waals surface area contributed by atoms with Crippen LogP contribution in [0.3, 0.4) is 0 Å². The van der Waals surface area contributed by atoms with Gasteiger partial charge in [0.25, 0.3) is 5.91 Å². The van der Waals surface area contributed by atoms with Gasteiger partial charge in [0.1, 0.15) is 11.5 Å². The molecule has 2 aromatic rings. The van der Waals surface area contributed by atoms with Crippen molar-refractivity contribution in [1.29, 1.82) is 0 Å². The van der Waals surface area contributed by atoms with Crippen molar-refractivity contribution in [3.8, 4) is 0 Å². The van der Waals surface area contributed by atoms with Gasteiger partial charge in [0.05, 0.1) is 17.6 Å². The van der Waals surface area contributed by atoms with Crippen LogP contribution in [0.25, 0.3) is 0 Å². The van der Waals surface area contributed by atoms with E-state index in [1.165, 1.54) is 6.07 Å². The molecule has 0 fully saturated rings. The number of carbonyl (C=O) groups excluding carboxylic acids is 1. The summed E-state index contributed by atoms with van der Waals surface area (Å²) in [5.41, 5.74) is 1.19. The lowest BCUT2D eigenvalue weighted by atomic mass is 10.2. The first-order chi connectivity index (χ1) is 10.1. The van der Waals surface area contributed by atoms with Gasteiger partial charge in [-0.3, -0.25) is 4.79 Å². The molecule has 21 heavy (non-hydrogen) atoms. The third-order valence-corrected chi connectivity index (χ3v) is 3.44. The summed E-state index contributed by atoms with van der Waals surface area (Å²) in [4.78, 5) is 16.1. The van der Waals surface area contributed by atoms with Crippen LogP contribution in [0.1, 0.15) is 23.8 Å². The Hall–Kier alpha value is -1.95. The number of carbonyl (C=O) groups is 1. The molecule has 0 radical (unpaired) electrons. The minimum atomic E-state index is -0.501. The Balaban J connectivity index is 2.10. The van der Waals surface area contributed by atoms with Gasteiger partial charge in [0.15, 0.2) is 0 Å². The molecule has 4 nitrogen and oxygen atoms in total. The van der Waals surface area contributed by atoms with Crippen LogP contribution in [-0.2, 0) is 0 Å². The Kier molecular flexibility index (Phi) is 5.27. The predicted molar refractivity (Wildman–Crippen MR) is 85.1 cm³/mol. The summed E-state index contributed by atoms with van der Waals surface area (Å²) in [5.74, 6) is -0.957. The molecule has 0 aliphatic carbocycles. The molecule has 2 N–H and O–H groups in total. The van der Waals surface area contributed by atoms with E-state index in [1.807, 2.05) is 0 Å². The normalized spacial score (nSPS) is 10.2. The Bertz CT molecular complexity index is 611. The Morgan fingerprint density at radius 3 is 2.76 bits per heavy atom. The fraction of sp³-hybridized carbons (Fsp3) is 0.200. The van der Waals surface area contributed by atoms with E-state index in [9.17, 15) is 9.18 Å². The first-order valence-electron chi connectivity index (χ1n) is 6.57. The summed E-state index contributed by atoms with van der Waals surface area (Å²) < 4.78 is 14.1. The fourth-order valence-electron chi connectivity index (χ4n) is 1.70. The van der Waals surface area contributed by atoms with Crippen molar-refractivity contribution in [3.05, 3.63) is 52.5 Å². The summed E-state index contributed by atoms with van der Waals surface area (Å²) >= 11 is 3.20. The number of nitrogens with one attached hydrogen (secondary N) is 2. The molecule has 0 spiro atoms. The van der Waals surface area contributed by atoms with Crippen LogP contribution < -0.4 is 10.6 Å². The van der Waals surface area contributed by atoms with Gasteiger partial charge in [0, 0.05) is 11.0 Å². The first kappa shape index (κ1) is 15.4. The lowest BCUT2D eigenvalue weighted by molar-refractivity contribution is 0.102. The van der Waals surface area contributed by atoms with Crippen LogP contribution in [0.5, 0.6) is 0 Å². The van der Waals surface area contributed by atoms with Crippen LogP contribution in [0.15, 0.2) is 41.0 Å². The van der Waals surface area contributed by atoms with E-state index in [-0.39, 0.29) is 11.4 Å². The molecule has 2 rings (SSSR count). The number of nitrogens with zero attached hydrogens (tertiary/aromatic N) is 1. The number of para-hydroxylation sites is 1. The van der Waals surface area contributed by atoms with Crippen molar-refractivity contribution >= 4 is 33.2 Å². The summed E-state index contributed by atoms with van der Waals surface area (Å²) in [6.45, 7) is 2.91. The highest BCUT2D eigenvalue weighted by Gasteiger charge is 2.13. The van der Waals surface area contributed by atoms with Gasteiger partial charge in [-0.15, -0.1) is 0 Å². The lowest BCUT2D eigenvalue weighted by Gasteiger charge is -2.09. The number of hydrogen-bond donors (Lipinski definition) is 2. The maximum Gasteiger partial charge on any atom is 0.274 e. The second kappa shape index (κ2) is 7.17. The van der Waals surface area contributed by atoms with Gasteiger partial charge in [0.2, 0.25) is 0 Å². The molecule has 110 valence electrons. The first-order valence-corrected chi connectivity index (χ1v) is 7.36. The molecule has 1 aromatic heterocycles. The van der Waals surface area contributed by atoms with Gasteiger partial charge >= 0.3 is 0 Å². The maximum absolute atomic E-state index is 13.7. The number of pyridine rings is 1. The zero-order valence-electron chi connectivity index (χ0n) is 11.5. The molecular weight excluding hydrogens is 337 g/mol. The smallest absolute Gasteiger partial charge is 0.274 e. The number of rotatable bonds is 5. The zero-order valence-corrected chi connectivity index (χ0v) is 13.1. The Morgan fingerprint density at radius 1 is 1.33 bits per heavy atom. The van der Waals surface area contributed by atoms with Crippen LogP contribution in [0.2, 0.25) is 0 Å². The fourth-order valence-corrected chi connectivity index (χ4v) is 2.14. The summed E-state index contributed by atoms with van der Waals surface area (Å²) in [6, 6.07) is 7.87. The quantitative estimate of drug-likeness (QED) is 0.853. The number of anilines is 2. The minimum absolute atomic E-state index is 0.109. The maximum atomic E-state index is 13.7.